The van der Waals surface area contributed by atoms with Gasteiger partial charge < -0.3 is 9.80 Å². The zero-order chi connectivity index (χ0) is 12.8. The van der Waals surface area contributed by atoms with Crippen molar-refractivity contribution in [1.82, 2.24) is 9.80 Å². The number of hydrogen-bond acceptors (Lipinski definition) is 2. The second-order valence-corrected chi connectivity index (χ2v) is 5.75. The topological polar surface area (TPSA) is 6.48 Å². The maximum absolute atomic E-state index is 2.61. The summed E-state index contributed by atoms with van der Waals surface area (Å²) in [6, 6.07) is 10.7. The van der Waals surface area contributed by atoms with Crippen LogP contribution in [0.25, 0.3) is 0 Å². The monoisotopic (exact) mass is 246 g/mol. The lowest BCUT2D eigenvalue weighted by atomic mass is 9.99. The maximum Gasteiger partial charge on any atom is 0.0231 e. The highest BCUT2D eigenvalue weighted by atomic mass is 15.2. The minimum absolute atomic E-state index is 0.934. The molecule has 0 aromatic heterocycles. The van der Waals surface area contributed by atoms with Crippen molar-refractivity contribution in [3.63, 3.8) is 0 Å². The van der Waals surface area contributed by atoms with Crippen LogP contribution in [0.15, 0.2) is 30.3 Å². The third-order valence-electron chi connectivity index (χ3n) is 3.97. The normalized spacial score (nSPS) is 18.4. The summed E-state index contributed by atoms with van der Waals surface area (Å²) in [5.41, 5.74) is 1.41. The summed E-state index contributed by atoms with van der Waals surface area (Å²) in [5, 5.41) is 0. The standard InChI is InChI=1S/C16H26N2/c1-15-8-10-18(11-9-15)13-12-17(2)14-16-6-4-3-5-7-16/h3-7,15H,8-14H2,1-2H3. The molecule has 2 heteroatoms. The first kappa shape index (κ1) is 13.6. The lowest BCUT2D eigenvalue weighted by molar-refractivity contribution is 0.169. The molecule has 1 saturated heterocycles. The number of nitrogens with zero attached hydrogens (tertiary/aromatic N) is 2. The van der Waals surface area contributed by atoms with E-state index in [9.17, 15) is 0 Å². The Bertz CT molecular complexity index is 328. The maximum atomic E-state index is 2.61. The van der Waals surface area contributed by atoms with Gasteiger partial charge in [0, 0.05) is 19.6 Å². The average molecular weight is 246 g/mol. The largest absolute Gasteiger partial charge is 0.302 e. The van der Waals surface area contributed by atoms with Gasteiger partial charge in [-0.25, -0.2) is 0 Å². The van der Waals surface area contributed by atoms with Gasteiger partial charge in [0.25, 0.3) is 0 Å². The zero-order valence-electron chi connectivity index (χ0n) is 11.8. The van der Waals surface area contributed by atoms with E-state index in [0.717, 1.165) is 12.5 Å². The van der Waals surface area contributed by atoms with Crippen molar-refractivity contribution in [3.05, 3.63) is 35.9 Å². The molecule has 1 aliphatic rings. The molecular formula is C16H26N2. The summed E-state index contributed by atoms with van der Waals surface area (Å²) in [4.78, 5) is 5.04. The Hall–Kier alpha value is -0.860. The van der Waals surface area contributed by atoms with Crippen LogP contribution in [0.5, 0.6) is 0 Å². The average Bonchev–Trinajstić information content (AvgIpc) is 2.39. The van der Waals surface area contributed by atoms with Gasteiger partial charge in [-0.1, -0.05) is 37.3 Å². The van der Waals surface area contributed by atoms with Crippen LogP contribution in [0.2, 0.25) is 0 Å². The summed E-state index contributed by atoms with van der Waals surface area (Å²) in [5.74, 6) is 0.934. The van der Waals surface area contributed by atoms with E-state index >= 15 is 0 Å². The Morgan fingerprint density at radius 3 is 2.50 bits per heavy atom. The molecule has 0 unspecified atom stereocenters. The van der Waals surface area contributed by atoms with Gasteiger partial charge in [-0.3, -0.25) is 0 Å². The second kappa shape index (κ2) is 6.91. The quantitative estimate of drug-likeness (QED) is 0.788. The fraction of sp³-hybridized carbons (Fsp3) is 0.625. The molecule has 0 saturated carbocycles. The molecule has 1 aromatic rings. The van der Waals surface area contributed by atoms with Gasteiger partial charge in [0.1, 0.15) is 0 Å². The molecule has 2 rings (SSSR count). The second-order valence-electron chi connectivity index (χ2n) is 5.75. The number of benzene rings is 1. The first-order valence-corrected chi connectivity index (χ1v) is 7.19. The van der Waals surface area contributed by atoms with E-state index in [0.29, 0.717) is 0 Å². The van der Waals surface area contributed by atoms with Crippen molar-refractivity contribution in [2.75, 3.05) is 33.2 Å². The number of likely N-dealkylation sites (N-methyl/N-ethyl adjacent to an activating group) is 1. The highest BCUT2D eigenvalue weighted by Crippen LogP contribution is 2.15. The van der Waals surface area contributed by atoms with Crippen LogP contribution < -0.4 is 0 Å². The molecule has 1 aromatic carbocycles. The van der Waals surface area contributed by atoms with E-state index < -0.39 is 0 Å². The van der Waals surface area contributed by atoms with Crippen molar-refractivity contribution >= 4 is 0 Å². The van der Waals surface area contributed by atoms with Gasteiger partial charge in [-0.2, -0.15) is 0 Å². The molecule has 0 radical (unpaired) electrons. The number of piperidine rings is 1. The van der Waals surface area contributed by atoms with Crippen molar-refractivity contribution in [1.29, 1.82) is 0 Å². The fourth-order valence-electron chi connectivity index (χ4n) is 2.57. The molecule has 1 fully saturated rings. The third-order valence-corrected chi connectivity index (χ3v) is 3.97. The van der Waals surface area contributed by atoms with E-state index in [-0.39, 0.29) is 0 Å². The number of likely N-dealkylation sites (tertiary alicyclic amines) is 1. The molecule has 2 nitrogen and oxygen atoms in total. The lowest BCUT2D eigenvalue weighted by Crippen LogP contribution is -2.38. The van der Waals surface area contributed by atoms with Gasteiger partial charge in [0.2, 0.25) is 0 Å². The lowest BCUT2D eigenvalue weighted by Gasteiger charge is -2.31. The van der Waals surface area contributed by atoms with Gasteiger partial charge >= 0.3 is 0 Å². The highest BCUT2D eigenvalue weighted by molar-refractivity contribution is 5.14. The number of rotatable bonds is 5. The number of hydrogen-bond donors (Lipinski definition) is 0. The predicted octanol–water partition coefficient (Wildman–Crippen LogP) is 2.85. The van der Waals surface area contributed by atoms with E-state index in [2.05, 4.69) is 54.1 Å². The molecule has 1 heterocycles. The van der Waals surface area contributed by atoms with Crippen LogP contribution in [0.3, 0.4) is 0 Å². The minimum Gasteiger partial charge on any atom is -0.302 e. The predicted molar refractivity (Wildman–Crippen MR) is 77.6 cm³/mol. The van der Waals surface area contributed by atoms with Crippen LogP contribution in [-0.4, -0.2) is 43.0 Å². The van der Waals surface area contributed by atoms with E-state index in [1.807, 2.05) is 0 Å². The van der Waals surface area contributed by atoms with E-state index in [1.165, 1.54) is 44.6 Å². The van der Waals surface area contributed by atoms with Crippen molar-refractivity contribution in [2.24, 2.45) is 5.92 Å². The molecule has 0 bridgehead atoms. The van der Waals surface area contributed by atoms with Crippen LogP contribution in [0.1, 0.15) is 25.3 Å². The molecule has 100 valence electrons. The van der Waals surface area contributed by atoms with Crippen molar-refractivity contribution in [2.45, 2.75) is 26.3 Å². The Kier molecular flexibility index (Phi) is 5.21. The summed E-state index contributed by atoms with van der Waals surface area (Å²) in [6.07, 6.45) is 2.75. The molecule has 0 aliphatic carbocycles. The Morgan fingerprint density at radius 2 is 1.83 bits per heavy atom. The molecule has 1 aliphatic heterocycles. The first-order valence-electron chi connectivity index (χ1n) is 7.19. The SMILES string of the molecule is CC1CCN(CCN(C)Cc2ccccc2)CC1. The van der Waals surface area contributed by atoms with Crippen LogP contribution in [0.4, 0.5) is 0 Å². The fourth-order valence-corrected chi connectivity index (χ4v) is 2.57. The van der Waals surface area contributed by atoms with Gasteiger partial charge in [0.15, 0.2) is 0 Å². The highest BCUT2D eigenvalue weighted by Gasteiger charge is 2.15. The summed E-state index contributed by atoms with van der Waals surface area (Å²) < 4.78 is 0. The smallest absolute Gasteiger partial charge is 0.0231 e. The van der Waals surface area contributed by atoms with Gasteiger partial charge in [0.05, 0.1) is 0 Å². The minimum atomic E-state index is 0.934. The van der Waals surface area contributed by atoms with E-state index in [4.69, 9.17) is 0 Å². The molecule has 0 spiro atoms. The molecule has 18 heavy (non-hydrogen) atoms. The summed E-state index contributed by atoms with van der Waals surface area (Å²) in [6.45, 7) is 8.41. The molecule has 0 amide bonds. The van der Waals surface area contributed by atoms with Crippen molar-refractivity contribution in [3.8, 4) is 0 Å². The zero-order valence-corrected chi connectivity index (χ0v) is 11.8. The Morgan fingerprint density at radius 1 is 1.17 bits per heavy atom. The summed E-state index contributed by atoms with van der Waals surface area (Å²) in [7, 11) is 2.22. The van der Waals surface area contributed by atoms with Gasteiger partial charge in [-0.15, -0.1) is 0 Å². The van der Waals surface area contributed by atoms with Crippen LogP contribution in [-0.2, 0) is 6.54 Å². The molecule has 0 atom stereocenters. The Labute approximate surface area is 112 Å². The third kappa shape index (κ3) is 4.43. The van der Waals surface area contributed by atoms with E-state index in [1.54, 1.807) is 0 Å². The molecule has 0 N–H and O–H groups in total. The van der Waals surface area contributed by atoms with Crippen LogP contribution in [0, 0.1) is 5.92 Å². The van der Waals surface area contributed by atoms with Gasteiger partial charge in [-0.05, 0) is 44.5 Å². The Balaban J connectivity index is 1.67. The molecular weight excluding hydrogens is 220 g/mol. The summed E-state index contributed by atoms with van der Waals surface area (Å²) >= 11 is 0. The first-order chi connectivity index (χ1) is 8.74. The van der Waals surface area contributed by atoms with Crippen LogP contribution >= 0.6 is 0 Å². The van der Waals surface area contributed by atoms with Crippen molar-refractivity contribution < 1.29 is 0 Å².